The lowest BCUT2D eigenvalue weighted by atomic mass is 10.0. The van der Waals surface area contributed by atoms with E-state index >= 15 is 0 Å². The molecule has 0 aromatic rings. The molecule has 1 atom stereocenters. The van der Waals surface area contributed by atoms with Crippen molar-refractivity contribution in [2.24, 2.45) is 0 Å². The first kappa shape index (κ1) is 14.4. The number of nitrogens with zero attached hydrogens (tertiary/aromatic N) is 1. The molecule has 1 heterocycles. The van der Waals surface area contributed by atoms with Crippen LogP contribution in [0.2, 0.25) is 0 Å². The van der Waals surface area contributed by atoms with Gasteiger partial charge in [0.15, 0.2) is 0 Å². The average Bonchev–Trinajstić information content (AvgIpc) is 2.64. The molecule has 100 valence electrons. The van der Waals surface area contributed by atoms with Crippen LogP contribution in [0.15, 0.2) is 0 Å². The molecule has 1 saturated heterocycles. The molecule has 5 nitrogen and oxygen atoms in total. The zero-order chi connectivity index (χ0) is 13.1. The highest BCUT2D eigenvalue weighted by Gasteiger charge is 2.34. The SMILES string of the molecule is COC(C)(C)CC(=O)N(C)CC1(O)CCNC1. The lowest BCUT2D eigenvalue weighted by molar-refractivity contribution is -0.138. The highest BCUT2D eigenvalue weighted by atomic mass is 16.5. The minimum Gasteiger partial charge on any atom is -0.387 e. The highest BCUT2D eigenvalue weighted by molar-refractivity contribution is 5.77. The van der Waals surface area contributed by atoms with Crippen molar-refractivity contribution in [3.05, 3.63) is 0 Å². The summed E-state index contributed by atoms with van der Waals surface area (Å²) in [4.78, 5) is 13.6. The van der Waals surface area contributed by atoms with Gasteiger partial charge in [0.1, 0.15) is 0 Å². The summed E-state index contributed by atoms with van der Waals surface area (Å²) in [5.74, 6) is -0.00262. The topological polar surface area (TPSA) is 61.8 Å². The summed E-state index contributed by atoms with van der Waals surface area (Å²) in [5.41, 5.74) is -1.23. The summed E-state index contributed by atoms with van der Waals surface area (Å²) in [6.07, 6.45) is 1.02. The standard InChI is InChI=1S/C12H24N2O3/c1-11(2,17-4)7-10(15)14(3)9-12(16)5-6-13-8-12/h13,16H,5-9H2,1-4H3. The van der Waals surface area contributed by atoms with E-state index in [4.69, 9.17) is 4.74 Å². The highest BCUT2D eigenvalue weighted by Crippen LogP contribution is 2.18. The number of carbonyl (C=O) groups is 1. The second kappa shape index (κ2) is 5.33. The van der Waals surface area contributed by atoms with Crippen LogP contribution in [0.25, 0.3) is 0 Å². The smallest absolute Gasteiger partial charge is 0.225 e. The average molecular weight is 244 g/mol. The van der Waals surface area contributed by atoms with Crippen LogP contribution in [0.4, 0.5) is 0 Å². The molecule has 1 rings (SSSR count). The predicted octanol–water partition coefficient (Wildman–Crippen LogP) is -0.0157. The van der Waals surface area contributed by atoms with Crippen LogP contribution in [0.5, 0.6) is 0 Å². The normalized spacial score (nSPS) is 25.0. The number of β-amino-alcohol motifs (C(OH)–C–C–N with tert-alkyl or cyclic N) is 1. The number of rotatable bonds is 5. The van der Waals surface area contributed by atoms with Gasteiger partial charge in [-0.25, -0.2) is 0 Å². The monoisotopic (exact) mass is 244 g/mol. The maximum atomic E-state index is 12.0. The van der Waals surface area contributed by atoms with Crippen molar-refractivity contribution in [2.45, 2.75) is 37.9 Å². The van der Waals surface area contributed by atoms with E-state index < -0.39 is 11.2 Å². The van der Waals surface area contributed by atoms with Gasteiger partial charge in [-0.15, -0.1) is 0 Å². The fourth-order valence-electron chi connectivity index (χ4n) is 1.97. The first-order valence-corrected chi connectivity index (χ1v) is 6.00. The van der Waals surface area contributed by atoms with Gasteiger partial charge in [0.2, 0.25) is 5.91 Å². The minimum absolute atomic E-state index is 0.00262. The van der Waals surface area contributed by atoms with Crippen LogP contribution in [0.1, 0.15) is 26.7 Å². The summed E-state index contributed by atoms with van der Waals surface area (Å²) in [6, 6.07) is 0. The number of carbonyl (C=O) groups excluding carboxylic acids is 1. The first-order chi connectivity index (χ1) is 7.78. The number of amides is 1. The maximum absolute atomic E-state index is 12.0. The molecule has 0 aromatic heterocycles. The number of hydrogen-bond donors (Lipinski definition) is 2. The molecule has 2 N–H and O–H groups in total. The van der Waals surface area contributed by atoms with Gasteiger partial charge >= 0.3 is 0 Å². The Balaban J connectivity index is 2.47. The van der Waals surface area contributed by atoms with Crippen LogP contribution >= 0.6 is 0 Å². The molecule has 0 aromatic carbocycles. The number of aliphatic hydroxyl groups is 1. The molecule has 0 saturated carbocycles. The van der Waals surface area contributed by atoms with Gasteiger partial charge < -0.3 is 20.1 Å². The Hall–Kier alpha value is -0.650. The summed E-state index contributed by atoms with van der Waals surface area (Å²) < 4.78 is 5.23. The van der Waals surface area contributed by atoms with Crippen molar-refractivity contribution >= 4 is 5.91 Å². The summed E-state index contributed by atoms with van der Waals surface area (Å²) in [6.45, 7) is 5.49. The van der Waals surface area contributed by atoms with Crippen LogP contribution < -0.4 is 5.32 Å². The fraction of sp³-hybridized carbons (Fsp3) is 0.917. The van der Waals surface area contributed by atoms with Gasteiger partial charge in [0.05, 0.1) is 24.2 Å². The largest absolute Gasteiger partial charge is 0.387 e. The molecule has 17 heavy (non-hydrogen) atoms. The summed E-state index contributed by atoms with van der Waals surface area (Å²) >= 11 is 0. The first-order valence-electron chi connectivity index (χ1n) is 6.00. The molecular weight excluding hydrogens is 220 g/mol. The second-order valence-electron chi connectivity index (χ2n) is 5.54. The second-order valence-corrected chi connectivity index (χ2v) is 5.54. The molecule has 1 unspecified atom stereocenters. The van der Waals surface area contributed by atoms with Crippen molar-refractivity contribution in [3.63, 3.8) is 0 Å². The van der Waals surface area contributed by atoms with E-state index in [0.717, 1.165) is 6.54 Å². The third-order valence-corrected chi connectivity index (χ3v) is 3.31. The van der Waals surface area contributed by atoms with Crippen LogP contribution in [-0.2, 0) is 9.53 Å². The van der Waals surface area contributed by atoms with Gasteiger partial charge in [-0.05, 0) is 26.8 Å². The van der Waals surface area contributed by atoms with E-state index in [2.05, 4.69) is 5.32 Å². The van der Waals surface area contributed by atoms with Gasteiger partial charge in [0.25, 0.3) is 0 Å². The van der Waals surface area contributed by atoms with Gasteiger partial charge in [-0.1, -0.05) is 0 Å². The van der Waals surface area contributed by atoms with E-state index in [-0.39, 0.29) is 5.91 Å². The predicted molar refractivity (Wildman–Crippen MR) is 65.8 cm³/mol. The van der Waals surface area contributed by atoms with Crippen molar-refractivity contribution in [2.75, 3.05) is 33.8 Å². The molecular formula is C12H24N2O3. The Morgan fingerprint density at radius 2 is 2.24 bits per heavy atom. The molecule has 0 radical (unpaired) electrons. The molecule has 0 bridgehead atoms. The molecule has 0 aliphatic carbocycles. The zero-order valence-corrected chi connectivity index (χ0v) is 11.2. The Morgan fingerprint density at radius 1 is 1.59 bits per heavy atom. The van der Waals surface area contributed by atoms with Gasteiger partial charge in [0, 0.05) is 20.7 Å². The zero-order valence-electron chi connectivity index (χ0n) is 11.2. The molecule has 1 fully saturated rings. The minimum atomic E-state index is -0.776. The van der Waals surface area contributed by atoms with Crippen LogP contribution in [0.3, 0.4) is 0 Å². The van der Waals surface area contributed by atoms with Crippen molar-refractivity contribution in [3.8, 4) is 0 Å². The number of methoxy groups -OCH3 is 1. The molecule has 1 amide bonds. The number of nitrogens with one attached hydrogen (secondary N) is 1. The molecule has 5 heteroatoms. The lowest BCUT2D eigenvalue weighted by Gasteiger charge is -2.30. The summed E-state index contributed by atoms with van der Waals surface area (Å²) in [7, 11) is 3.33. The van der Waals surface area contributed by atoms with Crippen molar-refractivity contribution < 1.29 is 14.6 Å². The third kappa shape index (κ3) is 4.26. The molecule has 1 aliphatic rings. The Labute approximate surface area is 103 Å². The van der Waals surface area contributed by atoms with Crippen molar-refractivity contribution in [1.29, 1.82) is 0 Å². The van der Waals surface area contributed by atoms with E-state index in [1.165, 1.54) is 0 Å². The third-order valence-electron chi connectivity index (χ3n) is 3.31. The van der Waals surface area contributed by atoms with E-state index in [0.29, 0.717) is 25.9 Å². The quantitative estimate of drug-likeness (QED) is 0.714. The molecule has 0 spiro atoms. The van der Waals surface area contributed by atoms with E-state index in [9.17, 15) is 9.90 Å². The van der Waals surface area contributed by atoms with Crippen LogP contribution in [0, 0.1) is 0 Å². The Bertz CT molecular complexity index is 273. The number of hydrogen-bond acceptors (Lipinski definition) is 4. The van der Waals surface area contributed by atoms with Crippen molar-refractivity contribution in [1.82, 2.24) is 10.2 Å². The molecule has 1 aliphatic heterocycles. The van der Waals surface area contributed by atoms with Gasteiger partial charge in [-0.3, -0.25) is 4.79 Å². The Morgan fingerprint density at radius 3 is 2.71 bits per heavy atom. The van der Waals surface area contributed by atoms with Gasteiger partial charge in [-0.2, -0.15) is 0 Å². The Kier molecular flexibility index (Phi) is 4.52. The fourth-order valence-corrected chi connectivity index (χ4v) is 1.97. The van der Waals surface area contributed by atoms with Crippen LogP contribution in [-0.4, -0.2) is 60.9 Å². The maximum Gasteiger partial charge on any atom is 0.225 e. The van der Waals surface area contributed by atoms with E-state index in [1.54, 1.807) is 19.1 Å². The number of ether oxygens (including phenoxy) is 1. The number of likely N-dealkylation sites (N-methyl/N-ethyl adjacent to an activating group) is 1. The lowest BCUT2D eigenvalue weighted by Crippen LogP contribution is -2.46. The van der Waals surface area contributed by atoms with E-state index in [1.807, 2.05) is 13.8 Å². The summed E-state index contributed by atoms with van der Waals surface area (Å²) in [5, 5.41) is 13.3.